The second-order valence-electron chi connectivity index (χ2n) is 13.5. The van der Waals surface area contributed by atoms with Gasteiger partial charge < -0.3 is 35.0 Å². The van der Waals surface area contributed by atoms with Gasteiger partial charge in [0.15, 0.2) is 0 Å². The number of hydrogen-bond donors (Lipinski definition) is 4. The fraction of sp³-hybridized carbons (Fsp3) is 0.545. The number of nitrogens with zero attached hydrogens (tertiary/aromatic N) is 2. The molecule has 0 spiro atoms. The highest BCUT2D eigenvalue weighted by Gasteiger charge is 2.50. The van der Waals surface area contributed by atoms with Crippen molar-refractivity contribution >= 4 is 18.1 Å². The van der Waals surface area contributed by atoms with E-state index in [9.17, 15) is 38.5 Å². The van der Waals surface area contributed by atoms with E-state index in [4.69, 9.17) is 9.47 Å². The van der Waals surface area contributed by atoms with Crippen molar-refractivity contribution in [2.75, 3.05) is 13.2 Å². The molecule has 2 aromatic carbocycles. The number of benzene rings is 2. The van der Waals surface area contributed by atoms with Gasteiger partial charge in [-0.25, -0.2) is 18.4 Å². The summed E-state index contributed by atoms with van der Waals surface area (Å²) < 4.78 is 39.4. The van der Waals surface area contributed by atoms with Crippen LogP contribution in [0.4, 0.5) is 18.4 Å². The van der Waals surface area contributed by atoms with Gasteiger partial charge in [-0.3, -0.25) is 9.69 Å². The van der Waals surface area contributed by atoms with Gasteiger partial charge in [0.1, 0.15) is 35.0 Å². The van der Waals surface area contributed by atoms with E-state index >= 15 is 0 Å². The van der Waals surface area contributed by atoms with Crippen LogP contribution in [-0.2, 0) is 27.2 Å². The second-order valence-corrected chi connectivity index (χ2v) is 13.5. The molecule has 254 valence electrons. The molecule has 1 unspecified atom stereocenters. The van der Waals surface area contributed by atoms with Gasteiger partial charge in [-0.05, 0) is 77.6 Å². The molecule has 1 aliphatic heterocycles. The van der Waals surface area contributed by atoms with Crippen molar-refractivity contribution in [3.05, 3.63) is 71.3 Å². The van der Waals surface area contributed by atoms with E-state index in [1.54, 1.807) is 71.9 Å². The number of aliphatic hydroxyl groups excluding tert-OH is 3. The number of carbonyl (C=O) groups excluding carboxylic acids is 3. The van der Waals surface area contributed by atoms with Crippen LogP contribution in [0.15, 0.2) is 48.5 Å². The third-order valence-corrected chi connectivity index (χ3v) is 7.08. The predicted octanol–water partition coefficient (Wildman–Crippen LogP) is 3.52. The van der Waals surface area contributed by atoms with Crippen LogP contribution in [0.1, 0.15) is 59.1 Å². The summed E-state index contributed by atoms with van der Waals surface area (Å²) >= 11 is 0. The van der Waals surface area contributed by atoms with Gasteiger partial charge in [0.05, 0.1) is 24.8 Å². The summed E-state index contributed by atoms with van der Waals surface area (Å²) in [4.78, 5) is 43.4. The average Bonchev–Trinajstić information content (AvgIpc) is 2.91. The molecule has 13 heteroatoms. The number of halogens is 2. The van der Waals surface area contributed by atoms with Crippen LogP contribution in [0.2, 0.25) is 0 Å². The summed E-state index contributed by atoms with van der Waals surface area (Å²) in [5, 5.41) is 34.6. The van der Waals surface area contributed by atoms with Crippen molar-refractivity contribution in [1.29, 1.82) is 0 Å². The van der Waals surface area contributed by atoms with Crippen LogP contribution in [0.3, 0.4) is 0 Å². The van der Waals surface area contributed by atoms with E-state index in [1.807, 2.05) is 0 Å². The zero-order valence-electron chi connectivity index (χ0n) is 27.1. The Hall–Kier alpha value is -3.81. The minimum absolute atomic E-state index is 0.0538. The molecule has 1 saturated heterocycles. The lowest BCUT2D eigenvalue weighted by Crippen LogP contribution is -2.70. The van der Waals surface area contributed by atoms with Gasteiger partial charge in [-0.1, -0.05) is 30.3 Å². The Bertz CT molecular complexity index is 1330. The first kappa shape index (κ1) is 36.7. The number of ether oxygens (including phenoxy) is 2. The zero-order chi connectivity index (χ0) is 34.4. The third-order valence-electron chi connectivity index (χ3n) is 7.08. The first-order valence-electron chi connectivity index (χ1n) is 15.1. The van der Waals surface area contributed by atoms with Crippen molar-refractivity contribution in [3.8, 4) is 0 Å². The molecule has 0 bridgehead atoms. The number of aliphatic hydroxyl groups is 3. The zero-order valence-corrected chi connectivity index (χ0v) is 27.1. The fourth-order valence-corrected chi connectivity index (χ4v) is 5.30. The molecule has 4 N–H and O–H groups in total. The Morgan fingerprint density at radius 2 is 1.54 bits per heavy atom. The van der Waals surface area contributed by atoms with Crippen LogP contribution in [-0.4, -0.2) is 97.9 Å². The van der Waals surface area contributed by atoms with Gasteiger partial charge >= 0.3 is 12.2 Å². The molecule has 46 heavy (non-hydrogen) atoms. The molecule has 0 radical (unpaired) electrons. The third kappa shape index (κ3) is 10.6. The van der Waals surface area contributed by atoms with Crippen LogP contribution in [0, 0.1) is 11.6 Å². The normalized spacial score (nSPS) is 19.3. The van der Waals surface area contributed by atoms with E-state index in [1.165, 1.54) is 4.90 Å². The van der Waals surface area contributed by atoms with Gasteiger partial charge in [-0.15, -0.1) is 0 Å². The molecule has 3 rings (SSSR count). The van der Waals surface area contributed by atoms with E-state index in [-0.39, 0.29) is 31.5 Å². The van der Waals surface area contributed by atoms with Gasteiger partial charge in [0, 0.05) is 19.2 Å². The quantitative estimate of drug-likeness (QED) is 0.306. The Balaban J connectivity index is 2.13. The molecule has 1 heterocycles. The first-order chi connectivity index (χ1) is 21.4. The number of piperazine rings is 1. The van der Waals surface area contributed by atoms with Crippen LogP contribution < -0.4 is 5.32 Å². The molecular weight excluding hydrogens is 604 g/mol. The Kier molecular flexibility index (Phi) is 12.1. The van der Waals surface area contributed by atoms with E-state index in [0.29, 0.717) is 6.07 Å². The largest absolute Gasteiger partial charge is 0.444 e. The number of carbonyl (C=O) groups is 3. The summed E-state index contributed by atoms with van der Waals surface area (Å²) in [6.45, 7) is 9.08. The number of hydrogen-bond acceptors (Lipinski definition) is 8. The second kappa shape index (κ2) is 15.2. The van der Waals surface area contributed by atoms with E-state index in [2.05, 4.69) is 5.32 Å². The molecule has 0 saturated carbocycles. The van der Waals surface area contributed by atoms with Crippen molar-refractivity contribution in [2.24, 2.45) is 0 Å². The molecule has 2 aromatic rings. The number of amides is 3. The lowest BCUT2D eigenvalue weighted by molar-refractivity contribution is -0.154. The van der Waals surface area contributed by atoms with E-state index < -0.39 is 77.9 Å². The van der Waals surface area contributed by atoms with Gasteiger partial charge in [-0.2, -0.15) is 0 Å². The molecule has 3 amide bonds. The number of rotatable bonds is 10. The standard InChI is InChI=1S/C33H45F2N3O8/c1-32(2,3)45-30(43)36-26(14-21-12-22(34)15-23(35)13-21)28(41)27-29(42)37(17-20-10-8-7-9-11-20)18-24(16-25(40)19-39)38(27)31(44)46-33(4,5)6/h7-13,15,24-28,39-41H,14,16-19H2,1-6H3,(H,36,43)/t24-,25?,26+,27+,28+/m1/s1. The first-order valence-corrected chi connectivity index (χ1v) is 15.1. The highest BCUT2D eigenvalue weighted by atomic mass is 19.1. The molecule has 0 aliphatic carbocycles. The fourth-order valence-electron chi connectivity index (χ4n) is 5.30. The minimum atomic E-state index is -1.87. The molecule has 5 atom stereocenters. The van der Waals surface area contributed by atoms with Gasteiger partial charge in [0.2, 0.25) is 5.91 Å². The van der Waals surface area contributed by atoms with Gasteiger partial charge in [0.25, 0.3) is 0 Å². The van der Waals surface area contributed by atoms with Crippen LogP contribution in [0.25, 0.3) is 0 Å². The molecule has 1 fully saturated rings. The molecule has 0 aromatic heterocycles. The average molecular weight is 650 g/mol. The monoisotopic (exact) mass is 649 g/mol. The smallest absolute Gasteiger partial charge is 0.411 e. The summed E-state index contributed by atoms with van der Waals surface area (Å²) in [5.41, 5.74) is -1.18. The SMILES string of the molecule is CC(C)(C)OC(=O)N[C@@H](Cc1cc(F)cc(F)c1)[C@H](O)[C@H]1C(=O)N(Cc2ccccc2)C[C@@H](CC(O)CO)N1C(=O)OC(C)(C)C. The van der Waals surface area contributed by atoms with Crippen molar-refractivity contribution in [1.82, 2.24) is 15.1 Å². The van der Waals surface area contributed by atoms with Crippen LogP contribution >= 0.6 is 0 Å². The summed E-state index contributed by atoms with van der Waals surface area (Å²) in [6.07, 6.45) is -5.65. The minimum Gasteiger partial charge on any atom is -0.444 e. The summed E-state index contributed by atoms with van der Waals surface area (Å²) in [6, 6.07) is 7.63. The Morgan fingerprint density at radius 3 is 2.09 bits per heavy atom. The van der Waals surface area contributed by atoms with Crippen LogP contribution in [0.5, 0.6) is 0 Å². The maximum Gasteiger partial charge on any atom is 0.411 e. The summed E-state index contributed by atoms with van der Waals surface area (Å²) in [5.74, 6) is -2.48. The van der Waals surface area contributed by atoms with E-state index in [0.717, 1.165) is 22.6 Å². The predicted molar refractivity (Wildman–Crippen MR) is 164 cm³/mol. The maximum atomic E-state index is 14.3. The Labute approximate surface area is 268 Å². The lowest BCUT2D eigenvalue weighted by Gasteiger charge is -2.48. The number of alkyl carbamates (subject to hydrolysis) is 1. The van der Waals surface area contributed by atoms with Crippen molar-refractivity contribution in [2.45, 2.75) is 102 Å². The highest BCUT2D eigenvalue weighted by molar-refractivity contribution is 5.88. The lowest BCUT2D eigenvalue weighted by atomic mass is 9.90. The summed E-state index contributed by atoms with van der Waals surface area (Å²) in [7, 11) is 0. The topological polar surface area (TPSA) is 149 Å². The molecule has 11 nitrogen and oxygen atoms in total. The maximum absolute atomic E-state index is 14.3. The molecule has 1 aliphatic rings. The molecular formula is C33H45F2N3O8. The van der Waals surface area contributed by atoms with Crippen molar-refractivity contribution in [3.63, 3.8) is 0 Å². The highest BCUT2D eigenvalue weighted by Crippen LogP contribution is 2.29. The van der Waals surface area contributed by atoms with Crippen molar-refractivity contribution < 1.29 is 48.0 Å². The number of nitrogens with one attached hydrogen (secondary N) is 1. The Morgan fingerprint density at radius 1 is 0.957 bits per heavy atom.